The average Bonchev–Trinajstić information content (AvgIpc) is 2.70. The summed E-state index contributed by atoms with van der Waals surface area (Å²) in [6.45, 7) is 1.97. The van der Waals surface area contributed by atoms with Crippen molar-refractivity contribution in [1.82, 2.24) is 9.97 Å². The second-order valence-corrected chi connectivity index (χ2v) is 8.14. The van der Waals surface area contributed by atoms with E-state index >= 15 is 0 Å². The Labute approximate surface area is 167 Å². The molecule has 0 aliphatic rings. The zero-order valence-corrected chi connectivity index (χ0v) is 16.2. The van der Waals surface area contributed by atoms with E-state index in [2.05, 4.69) is 20.0 Å². The van der Waals surface area contributed by atoms with E-state index in [0.717, 1.165) is 23.4 Å². The standard InChI is InChI=1S/C21H17FN4O2S/c1-14-6-10-16(11-7-14)23-20-21(25-19-5-3-2-4-18(19)24-20)26-29(27,28)17-12-8-15(22)9-13-17/h2-13H,1H3,(H,23,24)(H,25,26). The predicted molar refractivity (Wildman–Crippen MR) is 111 cm³/mol. The highest BCUT2D eigenvalue weighted by atomic mass is 32.2. The van der Waals surface area contributed by atoms with Gasteiger partial charge in [-0.3, -0.25) is 4.72 Å². The largest absolute Gasteiger partial charge is 0.337 e. The Morgan fingerprint density at radius 3 is 2.00 bits per heavy atom. The smallest absolute Gasteiger partial charge is 0.263 e. The molecule has 0 amide bonds. The highest BCUT2D eigenvalue weighted by molar-refractivity contribution is 7.92. The Morgan fingerprint density at radius 2 is 1.38 bits per heavy atom. The molecule has 29 heavy (non-hydrogen) atoms. The van der Waals surface area contributed by atoms with E-state index in [1.165, 1.54) is 12.1 Å². The second-order valence-electron chi connectivity index (χ2n) is 6.46. The van der Waals surface area contributed by atoms with E-state index in [0.29, 0.717) is 11.0 Å². The van der Waals surface area contributed by atoms with Crippen molar-refractivity contribution in [1.29, 1.82) is 0 Å². The lowest BCUT2D eigenvalue weighted by Gasteiger charge is -2.14. The van der Waals surface area contributed by atoms with Crippen molar-refractivity contribution in [2.24, 2.45) is 0 Å². The molecule has 4 aromatic rings. The van der Waals surface area contributed by atoms with Gasteiger partial charge in [-0.15, -0.1) is 0 Å². The molecular formula is C21H17FN4O2S. The molecule has 0 unspecified atom stereocenters. The lowest BCUT2D eigenvalue weighted by molar-refractivity contribution is 0.599. The summed E-state index contributed by atoms with van der Waals surface area (Å²) in [6, 6.07) is 19.3. The molecule has 0 fully saturated rings. The SMILES string of the molecule is Cc1ccc(Nc2nc3ccccc3nc2NS(=O)(=O)c2ccc(F)cc2)cc1. The van der Waals surface area contributed by atoms with Crippen molar-refractivity contribution in [3.8, 4) is 0 Å². The van der Waals surface area contributed by atoms with Crippen LogP contribution in [-0.2, 0) is 10.0 Å². The van der Waals surface area contributed by atoms with Crippen molar-refractivity contribution in [3.05, 3.63) is 84.2 Å². The third-order valence-electron chi connectivity index (χ3n) is 4.24. The molecule has 4 rings (SSSR count). The van der Waals surface area contributed by atoms with Gasteiger partial charge in [0.1, 0.15) is 5.82 Å². The number of para-hydroxylation sites is 2. The summed E-state index contributed by atoms with van der Waals surface area (Å²) < 4.78 is 41.2. The highest BCUT2D eigenvalue weighted by Crippen LogP contribution is 2.27. The quantitative estimate of drug-likeness (QED) is 0.503. The van der Waals surface area contributed by atoms with Gasteiger partial charge in [0.05, 0.1) is 15.9 Å². The maximum Gasteiger partial charge on any atom is 0.263 e. The molecule has 1 heterocycles. The number of benzene rings is 3. The van der Waals surface area contributed by atoms with Crippen LogP contribution in [0.15, 0.2) is 77.7 Å². The molecule has 0 bridgehead atoms. The first kappa shape index (κ1) is 18.8. The molecule has 0 spiro atoms. The van der Waals surface area contributed by atoms with Gasteiger partial charge in [-0.1, -0.05) is 29.8 Å². The fourth-order valence-electron chi connectivity index (χ4n) is 2.73. The van der Waals surface area contributed by atoms with Gasteiger partial charge in [-0.05, 0) is 55.5 Å². The molecule has 3 aromatic carbocycles. The first-order valence-electron chi connectivity index (χ1n) is 8.80. The van der Waals surface area contributed by atoms with Gasteiger partial charge in [0.25, 0.3) is 10.0 Å². The molecule has 0 aliphatic heterocycles. The van der Waals surface area contributed by atoms with Crippen LogP contribution >= 0.6 is 0 Å². The van der Waals surface area contributed by atoms with Gasteiger partial charge in [0.2, 0.25) is 0 Å². The minimum Gasteiger partial charge on any atom is -0.337 e. The van der Waals surface area contributed by atoms with E-state index in [1.54, 1.807) is 18.2 Å². The predicted octanol–water partition coefficient (Wildman–Crippen LogP) is 4.62. The molecule has 6 nitrogen and oxygen atoms in total. The van der Waals surface area contributed by atoms with Crippen molar-refractivity contribution in [3.63, 3.8) is 0 Å². The second kappa shape index (κ2) is 7.48. The van der Waals surface area contributed by atoms with Crippen molar-refractivity contribution in [2.75, 3.05) is 10.0 Å². The van der Waals surface area contributed by atoms with Crippen LogP contribution in [0.3, 0.4) is 0 Å². The molecule has 8 heteroatoms. The zero-order valence-electron chi connectivity index (χ0n) is 15.4. The van der Waals surface area contributed by atoms with Crippen LogP contribution < -0.4 is 10.0 Å². The number of anilines is 3. The molecule has 2 N–H and O–H groups in total. The lowest BCUT2D eigenvalue weighted by Crippen LogP contribution is -2.16. The van der Waals surface area contributed by atoms with E-state index in [-0.39, 0.29) is 16.5 Å². The molecule has 146 valence electrons. The van der Waals surface area contributed by atoms with E-state index < -0.39 is 15.8 Å². The third-order valence-corrected chi connectivity index (χ3v) is 5.59. The third kappa shape index (κ3) is 4.17. The number of hydrogen-bond acceptors (Lipinski definition) is 5. The Morgan fingerprint density at radius 1 is 0.793 bits per heavy atom. The summed E-state index contributed by atoms with van der Waals surface area (Å²) in [4.78, 5) is 8.88. The van der Waals surface area contributed by atoms with Gasteiger partial charge in [-0.25, -0.2) is 22.8 Å². The van der Waals surface area contributed by atoms with Crippen molar-refractivity contribution in [2.45, 2.75) is 11.8 Å². The van der Waals surface area contributed by atoms with Crippen LogP contribution in [0, 0.1) is 12.7 Å². The van der Waals surface area contributed by atoms with Gasteiger partial charge < -0.3 is 5.32 Å². The maximum absolute atomic E-state index is 13.2. The summed E-state index contributed by atoms with van der Waals surface area (Å²) in [5.74, 6) is -0.206. The topological polar surface area (TPSA) is 84.0 Å². The zero-order chi connectivity index (χ0) is 20.4. The van der Waals surface area contributed by atoms with E-state index in [1.807, 2.05) is 37.3 Å². The van der Waals surface area contributed by atoms with Crippen molar-refractivity contribution >= 4 is 38.4 Å². The molecule has 1 aromatic heterocycles. The van der Waals surface area contributed by atoms with Gasteiger partial charge in [0.15, 0.2) is 11.6 Å². The minimum atomic E-state index is -3.98. The van der Waals surface area contributed by atoms with Gasteiger partial charge in [-0.2, -0.15) is 0 Å². The monoisotopic (exact) mass is 408 g/mol. The molecule has 0 atom stereocenters. The van der Waals surface area contributed by atoms with Crippen LogP contribution in [0.1, 0.15) is 5.56 Å². The summed E-state index contributed by atoms with van der Waals surface area (Å²) in [5, 5.41) is 3.11. The Balaban J connectivity index is 1.77. The number of hydrogen-bond donors (Lipinski definition) is 2. The van der Waals surface area contributed by atoms with Gasteiger partial charge >= 0.3 is 0 Å². The molecule has 0 radical (unpaired) electrons. The van der Waals surface area contributed by atoms with Crippen LogP contribution in [0.25, 0.3) is 11.0 Å². The number of sulfonamides is 1. The molecule has 0 aliphatic carbocycles. The number of nitrogens with one attached hydrogen (secondary N) is 2. The lowest BCUT2D eigenvalue weighted by atomic mass is 10.2. The molecule has 0 saturated heterocycles. The number of rotatable bonds is 5. The normalized spacial score (nSPS) is 11.4. The number of nitrogens with zero attached hydrogens (tertiary/aromatic N) is 2. The number of aromatic nitrogens is 2. The summed E-state index contributed by atoms with van der Waals surface area (Å²) in [5.41, 5.74) is 2.99. The van der Waals surface area contributed by atoms with Crippen LogP contribution in [0.5, 0.6) is 0 Å². The Kier molecular flexibility index (Phi) is 4.85. The van der Waals surface area contributed by atoms with Crippen LogP contribution in [0.2, 0.25) is 0 Å². The fourth-order valence-corrected chi connectivity index (χ4v) is 3.74. The van der Waals surface area contributed by atoms with Crippen LogP contribution in [0.4, 0.5) is 21.7 Å². The Bertz CT molecular complexity index is 1270. The molecule has 0 saturated carbocycles. The number of halogens is 1. The molecular weight excluding hydrogens is 391 g/mol. The maximum atomic E-state index is 13.2. The summed E-state index contributed by atoms with van der Waals surface area (Å²) in [6.07, 6.45) is 0. The summed E-state index contributed by atoms with van der Waals surface area (Å²) >= 11 is 0. The average molecular weight is 408 g/mol. The first-order chi connectivity index (χ1) is 13.9. The highest BCUT2D eigenvalue weighted by Gasteiger charge is 2.19. The minimum absolute atomic E-state index is 0.0496. The summed E-state index contributed by atoms with van der Waals surface area (Å²) in [7, 11) is -3.98. The van der Waals surface area contributed by atoms with E-state index in [9.17, 15) is 12.8 Å². The fraction of sp³-hybridized carbons (Fsp3) is 0.0476. The van der Waals surface area contributed by atoms with E-state index in [4.69, 9.17) is 0 Å². The number of fused-ring (bicyclic) bond motifs is 1. The van der Waals surface area contributed by atoms with Crippen molar-refractivity contribution < 1.29 is 12.8 Å². The number of aryl methyl sites for hydroxylation is 1. The Hall–Kier alpha value is -3.52. The van der Waals surface area contributed by atoms with Gasteiger partial charge in [0, 0.05) is 5.69 Å². The first-order valence-corrected chi connectivity index (χ1v) is 10.3. The van der Waals surface area contributed by atoms with Crippen LogP contribution in [-0.4, -0.2) is 18.4 Å².